The highest BCUT2D eigenvalue weighted by Crippen LogP contribution is 2.16. The molecule has 1 N–H and O–H groups in total. The summed E-state index contributed by atoms with van der Waals surface area (Å²) in [5.41, 5.74) is 0. The van der Waals surface area contributed by atoms with Crippen LogP contribution in [0.5, 0.6) is 0 Å². The molecular formula is C11H18ClNO3S. The van der Waals surface area contributed by atoms with Gasteiger partial charge in [0.1, 0.15) is 11.5 Å². The molecule has 0 fully saturated rings. The van der Waals surface area contributed by atoms with Gasteiger partial charge in [0.25, 0.3) is 0 Å². The summed E-state index contributed by atoms with van der Waals surface area (Å²) in [6, 6.07) is 3.25. The molecule has 0 aliphatic heterocycles. The van der Waals surface area contributed by atoms with E-state index in [1.165, 1.54) is 0 Å². The number of aryl methyl sites for hydroxylation is 1. The Bertz CT molecular complexity index is 441. The zero-order valence-corrected chi connectivity index (χ0v) is 11.6. The Labute approximate surface area is 107 Å². The van der Waals surface area contributed by atoms with Crippen molar-refractivity contribution in [1.82, 2.24) is 4.72 Å². The summed E-state index contributed by atoms with van der Waals surface area (Å²) in [7, 11) is -3.26. The number of rotatable bonds is 7. The third-order valence-corrected chi connectivity index (χ3v) is 4.15. The zero-order chi connectivity index (χ0) is 12.9. The second kappa shape index (κ2) is 6.42. The van der Waals surface area contributed by atoms with E-state index in [4.69, 9.17) is 16.0 Å². The minimum Gasteiger partial charge on any atom is -0.465 e. The standard InChI is InChI=1S/C11H18ClNO3S/c1-9-5-6-11(16-9)10(2)13-17(14,15)8-4-3-7-12/h5-6,10,13H,3-4,7-8H2,1-2H3. The van der Waals surface area contributed by atoms with Crippen LogP contribution in [0.15, 0.2) is 16.5 Å². The molecule has 1 aromatic rings. The Balaban J connectivity index is 2.52. The van der Waals surface area contributed by atoms with Gasteiger partial charge in [0.2, 0.25) is 10.0 Å². The molecule has 0 amide bonds. The first-order chi connectivity index (χ1) is 7.94. The fraction of sp³-hybridized carbons (Fsp3) is 0.636. The monoisotopic (exact) mass is 279 g/mol. The Morgan fingerprint density at radius 3 is 2.65 bits per heavy atom. The van der Waals surface area contributed by atoms with Crippen molar-refractivity contribution in [3.8, 4) is 0 Å². The van der Waals surface area contributed by atoms with Crippen LogP contribution in [0.1, 0.15) is 37.3 Å². The Morgan fingerprint density at radius 2 is 2.12 bits per heavy atom. The number of hydrogen-bond donors (Lipinski definition) is 1. The van der Waals surface area contributed by atoms with Crippen molar-refractivity contribution in [3.63, 3.8) is 0 Å². The molecule has 6 heteroatoms. The number of sulfonamides is 1. The van der Waals surface area contributed by atoms with Crippen LogP contribution in [0, 0.1) is 6.92 Å². The predicted octanol–water partition coefficient (Wildman–Crippen LogP) is 2.59. The number of unbranched alkanes of at least 4 members (excludes halogenated alkanes) is 1. The summed E-state index contributed by atoms with van der Waals surface area (Å²) < 4.78 is 31.3. The van der Waals surface area contributed by atoms with E-state index in [0.717, 1.165) is 5.76 Å². The molecule has 17 heavy (non-hydrogen) atoms. The van der Waals surface area contributed by atoms with Gasteiger partial charge in [0.05, 0.1) is 11.8 Å². The fourth-order valence-electron chi connectivity index (χ4n) is 1.46. The normalized spacial score (nSPS) is 13.8. The van der Waals surface area contributed by atoms with Gasteiger partial charge in [-0.15, -0.1) is 11.6 Å². The van der Waals surface area contributed by atoms with Crippen molar-refractivity contribution in [3.05, 3.63) is 23.7 Å². The van der Waals surface area contributed by atoms with Crippen LogP contribution in [0.3, 0.4) is 0 Å². The van der Waals surface area contributed by atoms with Crippen molar-refractivity contribution in [2.45, 2.75) is 32.7 Å². The van der Waals surface area contributed by atoms with Crippen molar-refractivity contribution in [2.75, 3.05) is 11.6 Å². The molecule has 1 aromatic heterocycles. The van der Waals surface area contributed by atoms with Crippen molar-refractivity contribution in [2.24, 2.45) is 0 Å². The molecule has 1 rings (SSSR count). The Hall–Kier alpha value is -0.520. The number of nitrogens with one attached hydrogen (secondary N) is 1. The molecule has 0 radical (unpaired) electrons. The maximum atomic E-state index is 11.7. The topological polar surface area (TPSA) is 59.3 Å². The lowest BCUT2D eigenvalue weighted by Gasteiger charge is -2.11. The molecule has 0 bridgehead atoms. The van der Waals surface area contributed by atoms with Gasteiger partial charge >= 0.3 is 0 Å². The van der Waals surface area contributed by atoms with Crippen molar-refractivity contribution >= 4 is 21.6 Å². The average molecular weight is 280 g/mol. The molecule has 0 aliphatic carbocycles. The smallest absolute Gasteiger partial charge is 0.212 e. The molecule has 0 saturated carbocycles. The van der Waals surface area contributed by atoms with Gasteiger partial charge in [-0.2, -0.15) is 0 Å². The number of alkyl halides is 1. The largest absolute Gasteiger partial charge is 0.465 e. The summed E-state index contributed by atoms with van der Waals surface area (Å²) in [6.45, 7) is 3.59. The maximum absolute atomic E-state index is 11.7. The molecule has 0 saturated heterocycles. The third-order valence-electron chi connectivity index (χ3n) is 2.34. The zero-order valence-electron chi connectivity index (χ0n) is 10.1. The van der Waals surface area contributed by atoms with Gasteiger partial charge in [-0.25, -0.2) is 13.1 Å². The minimum absolute atomic E-state index is 0.101. The third kappa shape index (κ3) is 5.10. The van der Waals surface area contributed by atoms with Gasteiger partial charge in [-0.3, -0.25) is 0 Å². The van der Waals surface area contributed by atoms with Crippen LogP contribution in [-0.2, 0) is 10.0 Å². The number of furan rings is 1. The second-order valence-corrected chi connectivity index (χ2v) is 6.25. The van der Waals surface area contributed by atoms with E-state index < -0.39 is 10.0 Å². The summed E-state index contributed by atoms with van der Waals surface area (Å²) >= 11 is 5.50. The lowest BCUT2D eigenvalue weighted by atomic mass is 10.3. The van der Waals surface area contributed by atoms with Gasteiger partial charge in [-0.05, 0) is 38.8 Å². The predicted molar refractivity (Wildman–Crippen MR) is 68.7 cm³/mol. The summed E-state index contributed by atoms with van der Waals surface area (Å²) in [5.74, 6) is 1.99. The van der Waals surface area contributed by atoms with Gasteiger partial charge in [-0.1, -0.05) is 0 Å². The first kappa shape index (κ1) is 14.5. The molecule has 0 spiro atoms. The molecule has 1 unspecified atom stereocenters. The first-order valence-electron chi connectivity index (χ1n) is 5.57. The van der Waals surface area contributed by atoms with Crippen LogP contribution in [0.4, 0.5) is 0 Å². The van der Waals surface area contributed by atoms with E-state index in [0.29, 0.717) is 24.5 Å². The van der Waals surface area contributed by atoms with Crippen LogP contribution >= 0.6 is 11.6 Å². The SMILES string of the molecule is Cc1ccc(C(C)NS(=O)(=O)CCCCCl)o1. The highest BCUT2D eigenvalue weighted by Gasteiger charge is 2.17. The van der Waals surface area contributed by atoms with E-state index in [9.17, 15) is 8.42 Å². The summed E-state index contributed by atoms with van der Waals surface area (Å²) in [4.78, 5) is 0. The molecule has 98 valence electrons. The van der Waals surface area contributed by atoms with Crippen LogP contribution in [0.2, 0.25) is 0 Å². The molecule has 0 aliphatic rings. The molecular weight excluding hydrogens is 262 g/mol. The second-order valence-electron chi connectivity index (χ2n) is 4.00. The number of halogens is 1. The minimum atomic E-state index is -3.26. The van der Waals surface area contributed by atoms with Crippen LogP contribution in [0.25, 0.3) is 0 Å². The van der Waals surface area contributed by atoms with Crippen molar-refractivity contribution < 1.29 is 12.8 Å². The lowest BCUT2D eigenvalue weighted by Crippen LogP contribution is -2.29. The quantitative estimate of drug-likeness (QED) is 0.616. The van der Waals surface area contributed by atoms with Crippen LogP contribution < -0.4 is 4.72 Å². The maximum Gasteiger partial charge on any atom is 0.212 e. The molecule has 1 heterocycles. The molecule has 1 atom stereocenters. The number of hydrogen-bond acceptors (Lipinski definition) is 3. The van der Waals surface area contributed by atoms with E-state index in [1.54, 1.807) is 13.0 Å². The van der Waals surface area contributed by atoms with Gasteiger partial charge in [0.15, 0.2) is 0 Å². The molecule has 0 aromatic carbocycles. The van der Waals surface area contributed by atoms with E-state index in [2.05, 4.69) is 4.72 Å². The van der Waals surface area contributed by atoms with Crippen molar-refractivity contribution in [1.29, 1.82) is 0 Å². The summed E-state index contributed by atoms with van der Waals surface area (Å²) in [5, 5.41) is 0. The highest BCUT2D eigenvalue weighted by molar-refractivity contribution is 7.89. The van der Waals surface area contributed by atoms with E-state index in [-0.39, 0.29) is 11.8 Å². The fourth-order valence-corrected chi connectivity index (χ4v) is 3.00. The Morgan fingerprint density at radius 1 is 1.41 bits per heavy atom. The van der Waals surface area contributed by atoms with E-state index >= 15 is 0 Å². The van der Waals surface area contributed by atoms with Crippen LogP contribution in [-0.4, -0.2) is 20.1 Å². The van der Waals surface area contributed by atoms with Gasteiger partial charge in [0, 0.05) is 5.88 Å². The first-order valence-corrected chi connectivity index (χ1v) is 7.75. The highest BCUT2D eigenvalue weighted by atomic mass is 35.5. The lowest BCUT2D eigenvalue weighted by molar-refractivity contribution is 0.441. The molecule has 4 nitrogen and oxygen atoms in total. The Kier molecular flexibility index (Phi) is 5.49. The average Bonchev–Trinajstić information content (AvgIpc) is 2.64. The summed E-state index contributed by atoms with van der Waals surface area (Å²) in [6.07, 6.45) is 1.28. The van der Waals surface area contributed by atoms with E-state index in [1.807, 2.05) is 13.0 Å². The van der Waals surface area contributed by atoms with Gasteiger partial charge < -0.3 is 4.42 Å².